The zero-order chi connectivity index (χ0) is 21.8. The third-order valence-corrected chi connectivity index (χ3v) is 5.66. The maximum Gasteiger partial charge on any atom is 0.255 e. The van der Waals surface area contributed by atoms with Gasteiger partial charge in [-0.1, -0.05) is 24.3 Å². The molecule has 1 N–H and O–H groups in total. The molecule has 0 bridgehead atoms. The van der Waals surface area contributed by atoms with Crippen LogP contribution in [-0.2, 0) is 6.54 Å². The minimum atomic E-state index is -0.137. The quantitative estimate of drug-likeness (QED) is 0.501. The van der Waals surface area contributed by atoms with Crippen molar-refractivity contribution in [3.05, 3.63) is 90.5 Å². The Kier molecular flexibility index (Phi) is 5.61. The number of anilines is 2. The highest BCUT2D eigenvalue weighted by Gasteiger charge is 2.14. The van der Waals surface area contributed by atoms with E-state index in [4.69, 9.17) is 0 Å². The lowest BCUT2D eigenvalue weighted by Crippen LogP contribution is -2.19. The molecule has 0 unspecified atom stereocenters. The molecule has 0 atom stereocenters. The summed E-state index contributed by atoms with van der Waals surface area (Å²) < 4.78 is 1.99. The minimum Gasteiger partial charge on any atom is -0.355 e. The highest BCUT2D eigenvalue weighted by molar-refractivity contribution is 6.04. The number of hydrogen-bond acceptors (Lipinski definition) is 5. The molecule has 1 saturated heterocycles. The van der Waals surface area contributed by atoms with Crippen LogP contribution in [0.3, 0.4) is 0 Å². The summed E-state index contributed by atoms with van der Waals surface area (Å²) in [6.45, 7) is 2.83. The molecule has 0 aliphatic carbocycles. The van der Waals surface area contributed by atoms with Crippen LogP contribution in [0, 0.1) is 0 Å². The maximum atomic E-state index is 12.6. The molecular weight excluding hydrogens is 400 g/mol. The molecule has 160 valence electrons. The number of nitrogens with one attached hydrogen (secondary N) is 1. The van der Waals surface area contributed by atoms with Gasteiger partial charge < -0.3 is 14.8 Å². The van der Waals surface area contributed by atoms with Crippen LogP contribution in [0.4, 0.5) is 11.5 Å². The molecule has 2 aromatic heterocycles. The van der Waals surface area contributed by atoms with Crippen LogP contribution in [-0.4, -0.2) is 38.7 Å². The number of benzene rings is 2. The van der Waals surface area contributed by atoms with E-state index in [1.54, 1.807) is 12.5 Å². The van der Waals surface area contributed by atoms with Crippen molar-refractivity contribution in [1.29, 1.82) is 0 Å². The second-order valence-electron chi connectivity index (χ2n) is 7.93. The van der Waals surface area contributed by atoms with Crippen LogP contribution in [0.5, 0.6) is 0 Å². The van der Waals surface area contributed by atoms with E-state index in [-0.39, 0.29) is 5.91 Å². The number of aromatic nitrogens is 4. The predicted molar refractivity (Wildman–Crippen MR) is 125 cm³/mol. The molecule has 0 spiro atoms. The molecule has 3 heterocycles. The topological polar surface area (TPSA) is 75.9 Å². The largest absolute Gasteiger partial charge is 0.355 e. The monoisotopic (exact) mass is 424 g/mol. The Morgan fingerprint density at radius 3 is 2.34 bits per heavy atom. The van der Waals surface area contributed by atoms with Crippen LogP contribution >= 0.6 is 0 Å². The van der Waals surface area contributed by atoms with Crippen molar-refractivity contribution in [2.24, 2.45) is 0 Å². The summed E-state index contributed by atoms with van der Waals surface area (Å²) in [5.41, 5.74) is 4.25. The normalized spacial score (nSPS) is 13.3. The zero-order valence-corrected chi connectivity index (χ0v) is 17.7. The van der Waals surface area contributed by atoms with Crippen molar-refractivity contribution in [1.82, 2.24) is 19.7 Å². The minimum absolute atomic E-state index is 0.137. The van der Waals surface area contributed by atoms with Gasteiger partial charge in [-0.3, -0.25) is 4.79 Å². The van der Waals surface area contributed by atoms with Gasteiger partial charge in [0.25, 0.3) is 5.91 Å². The first-order valence-electron chi connectivity index (χ1n) is 10.8. The zero-order valence-electron chi connectivity index (χ0n) is 17.7. The van der Waals surface area contributed by atoms with Gasteiger partial charge in [0.05, 0.1) is 12.0 Å². The molecule has 0 saturated carbocycles. The van der Waals surface area contributed by atoms with Crippen LogP contribution in [0.25, 0.3) is 11.3 Å². The van der Waals surface area contributed by atoms with Crippen molar-refractivity contribution in [3.8, 4) is 11.3 Å². The summed E-state index contributed by atoms with van der Waals surface area (Å²) in [5.74, 6) is 0.799. The lowest BCUT2D eigenvalue weighted by atomic mass is 10.1. The van der Waals surface area contributed by atoms with E-state index in [2.05, 4.69) is 25.4 Å². The van der Waals surface area contributed by atoms with E-state index in [1.165, 1.54) is 12.8 Å². The first kappa shape index (κ1) is 19.9. The Hall–Kier alpha value is -4.00. The highest BCUT2D eigenvalue weighted by Crippen LogP contribution is 2.22. The molecule has 1 aliphatic rings. The molecule has 5 rings (SSSR count). The van der Waals surface area contributed by atoms with Gasteiger partial charge in [0.2, 0.25) is 0 Å². The third-order valence-electron chi connectivity index (χ3n) is 5.66. The summed E-state index contributed by atoms with van der Waals surface area (Å²) in [4.78, 5) is 18.9. The van der Waals surface area contributed by atoms with E-state index in [0.29, 0.717) is 5.56 Å². The van der Waals surface area contributed by atoms with Crippen LogP contribution < -0.4 is 10.2 Å². The summed E-state index contributed by atoms with van der Waals surface area (Å²) >= 11 is 0. The molecule has 1 aliphatic heterocycles. The first-order chi connectivity index (χ1) is 15.7. The van der Waals surface area contributed by atoms with Gasteiger partial charge in [-0.25, -0.2) is 4.98 Å². The standard InChI is InChI=1S/C25H24N6O/c32-25(21-5-3-19(4-6-21)17-30-16-13-26-18-30)27-22-9-7-20(8-10-22)23-11-12-24(29-28-23)31-14-1-2-15-31/h3-13,16,18H,1-2,14-15,17H2,(H,27,32). The van der Waals surface area contributed by atoms with Crippen molar-refractivity contribution >= 4 is 17.4 Å². The molecule has 0 radical (unpaired) electrons. The summed E-state index contributed by atoms with van der Waals surface area (Å²) in [6, 6.07) is 19.3. The fraction of sp³-hybridized carbons (Fsp3) is 0.200. The summed E-state index contributed by atoms with van der Waals surface area (Å²) in [6.07, 6.45) is 7.87. The van der Waals surface area contributed by atoms with Crippen molar-refractivity contribution in [2.45, 2.75) is 19.4 Å². The third kappa shape index (κ3) is 4.51. The van der Waals surface area contributed by atoms with E-state index in [1.807, 2.05) is 71.4 Å². The molecular formula is C25H24N6O. The fourth-order valence-corrected chi connectivity index (χ4v) is 3.87. The average Bonchev–Trinajstić information content (AvgIpc) is 3.55. The average molecular weight is 425 g/mol. The Bertz CT molecular complexity index is 1160. The van der Waals surface area contributed by atoms with E-state index >= 15 is 0 Å². The van der Waals surface area contributed by atoms with Gasteiger partial charge in [-0.2, -0.15) is 0 Å². The van der Waals surface area contributed by atoms with Crippen LogP contribution in [0.15, 0.2) is 79.4 Å². The molecule has 1 fully saturated rings. The van der Waals surface area contributed by atoms with Crippen LogP contribution in [0.2, 0.25) is 0 Å². The Labute approximate surface area is 186 Å². The van der Waals surface area contributed by atoms with Gasteiger partial charge >= 0.3 is 0 Å². The van der Waals surface area contributed by atoms with E-state index < -0.39 is 0 Å². The molecule has 2 aromatic carbocycles. The highest BCUT2D eigenvalue weighted by atomic mass is 16.1. The number of hydrogen-bond donors (Lipinski definition) is 1. The number of rotatable bonds is 6. The maximum absolute atomic E-state index is 12.6. The van der Waals surface area contributed by atoms with Gasteiger partial charge in [0.1, 0.15) is 0 Å². The van der Waals surface area contributed by atoms with Crippen LogP contribution in [0.1, 0.15) is 28.8 Å². The van der Waals surface area contributed by atoms with Gasteiger partial charge in [0.15, 0.2) is 5.82 Å². The van der Waals surface area contributed by atoms with Crippen molar-refractivity contribution in [3.63, 3.8) is 0 Å². The second-order valence-corrected chi connectivity index (χ2v) is 7.93. The smallest absolute Gasteiger partial charge is 0.255 e. The van der Waals surface area contributed by atoms with Gasteiger partial charge in [0, 0.05) is 48.8 Å². The molecule has 1 amide bonds. The van der Waals surface area contributed by atoms with Gasteiger partial charge in [-0.15, -0.1) is 10.2 Å². The Morgan fingerprint density at radius 1 is 0.906 bits per heavy atom. The lowest BCUT2D eigenvalue weighted by Gasteiger charge is -2.15. The fourth-order valence-electron chi connectivity index (χ4n) is 3.87. The van der Waals surface area contributed by atoms with E-state index in [9.17, 15) is 4.79 Å². The number of nitrogens with zero attached hydrogens (tertiary/aromatic N) is 5. The van der Waals surface area contributed by atoms with Crippen molar-refractivity contribution in [2.75, 3.05) is 23.3 Å². The van der Waals surface area contributed by atoms with Crippen molar-refractivity contribution < 1.29 is 4.79 Å². The SMILES string of the molecule is O=C(Nc1ccc(-c2ccc(N3CCCC3)nn2)cc1)c1ccc(Cn2ccnc2)cc1. The Morgan fingerprint density at radius 2 is 1.69 bits per heavy atom. The Balaban J connectivity index is 1.21. The molecule has 32 heavy (non-hydrogen) atoms. The number of carbonyl (C=O) groups excluding carboxylic acids is 1. The molecule has 7 heteroatoms. The molecule has 7 nitrogen and oxygen atoms in total. The summed E-state index contributed by atoms with van der Waals surface area (Å²) in [7, 11) is 0. The number of imidazole rings is 1. The predicted octanol–water partition coefficient (Wildman–Crippen LogP) is 4.24. The summed E-state index contributed by atoms with van der Waals surface area (Å²) in [5, 5.41) is 11.7. The number of amides is 1. The number of carbonyl (C=O) groups is 1. The molecule has 4 aromatic rings. The lowest BCUT2D eigenvalue weighted by molar-refractivity contribution is 0.102. The second kappa shape index (κ2) is 9.01. The first-order valence-corrected chi connectivity index (χ1v) is 10.8. The van der Waals surface area contributed by atoms with E-state index in [0.717, 1.165) is 48.0 Å². The van der Waals surface area contributed by atoms with Gasteiger partial charge in [-0.05, 0) is 54.8 Å².